The number of β-amino-alcohol motifs (C(OH)–C–C–N with tert-alkyl or cyclic N) is 1. The normalized spacial score (nSPS) is 20.4. The molecule has 24 heavy (non-hydrogen) atoms. The van der Waals surface area contributed by atoms with Gasteiger partial charge in [0, 0.05) is 43.9 Å². The number of nitrogens with zero attached hydrogens (tertiary/aromatic N) is 4. The highest BCUT2D eigenvalue weighted by molar-refractivity contribution is 5.95. The van der Waals surface area contributed by atoms with Crippen molar-refractivity contribution in [3.05, 3.63) is 42.0 Å². The minimum atomic E-state index is -0.662. The molecule has 1 amide bonds. The second kappa shape index (κ2) is 7.02. The molecular formula is C17H20N4O3. The third-order valence-corrected chi connectivity index (χ3v) is 4.03. The molecule has 1 aliphatic rings. The lowest BCUT2D eigenvalue weighted by molar-refractivity contribution is -0.00237. The first-order valence-electron chi connectivity index (χ1n) is 7.93. The van der Waals surface area contributed by atoms with E-state index in [0.29, 0.717) is 30.2 Å². The molecule has 2 aromatic heterocycles. The Balaban J connectivity index is 1.79. The molecule has 1 aliphatic heterocycles. The average Bonchev–Trinajstić information content (AvgIpc) is 2.96. The first kappa shape index (κ1) is 16.5. The summed E-state index contributed by atoms with van der Waals surface area (Å²) in [6, 6.07) is 3.68. The van der Waals surface area contributed by atoms with Crippen molar-refractivity contribution in [2.45, 2.75) is 26.1 Å². The number of aryl methyl sites for hydroxylation is 1. The number of likely N-dealkylation sites (tertiary alicyclic amines) is 1. The van der Waals surface area contributed by atoms with E-state index >= 15 is 0 Å². The fourth-order valence-electron chi connectivity index (χ4n) is 2.78. The molecule has 2 aromatic rings. The largest absolute Gasteiger partial charge is 0.388 e. The third-order valence-electron chi connectivity index (χ3n) is 4.03. The second-order valence-corrected chi connectivity index (χ2v) is 5.71. The second-order valence-electron chi connectivity index (χ2n) is 5.71. The highest BCUT2D eigenvalue weighted by Crippen LogP contribution is 2.19. The first-order valence-corrected chi connectivity index (χ1v) is 7.93. The lowest BCUT2D eigenvalue weighted by Gasteiger charge is -2.17. The number of hydrogen-bond acceptors (Lipinski definition) is 6. The number of ether oxygens (including phenoxy) is 1. The Labute approximate surface area is 140 Å². The van der Waals surface area contributed by atoms with Gasteiger partial charge in [0.05, 0.1) is 17.4 Å². The molecule has 0 unspecified atom stereocenters. The highest BCUT2D eigenvalue weighted by Gasteiger charge is 2.35. The van der Waals surface area contributed by atoms with Crippen LogP contribution in [0.15, 0.2) is 30.7 Å². The predicted octanol–water partition coefficient (Wildman–Crippen LogP) is 1.07. The van der Waals surface area contributed by atoms with Gasteiger partial charge in [0.2, 0.25) is 0 Å². The predicted molar refractivity (Wildman–Crippen MR) is 87.3 cm³/mol. The van der Waals surface area contributed by atoms with Crippen LogP contribution in [0.5, 0.6) is 0 Å². The topological polar surface area (TPSA) is 88.4 Å². The Hall–Kier alpha value is -2.38. The smallest absolute Gasteiger partial charge is 0.257 e. The molecule has 1 N–H and O–H groups in total. The fraction of sp³-hybridized carbons (Fsp3) is 0.412. The van der Waals surface area contributed by atoms with Crippen LogP contribution in [0.1, 0.15) is 23.0 Å². The third kappa shape index (κ3) is 3.27. The minimum Gasteiger partial charge on any atom is -0.388 e. The summed E-state index contributed by atoms with van der Waals surface area (Å²) in [7, 11) is 0. The van der Waals surface area contributed by atoms with E-state index in [1.54, 1.807) is 24.2 Å². The van der Waals surface area contributed by atoms with Crippen LogP contribution in [0.25, 0.3) is 11.4 Å². The van der Waals surface area contributed by atoms with Crippen molar-refractivity contribution < 1.29 is 14.6 Å². The number of aromatic nitrogens is 3. The van der Waals surface area contributed by atoms with Crippen LogP contribution in [-0.4, -0.2) is 62.8 Å². The molecule has 3 heterocycles. The number of pyridine rings is 1. The van der Waals surface area contributed by atoms with E-state index in [-0.39, 0.29) is 18.6 Å². The lowest BCUT2D eigenvalue weighted by atomic mass is 10.2. The van der Waals surface area contributed by atoms with Gasteiger partial charge in [0.1, 0.15) is 6.10 Å². The molecule has 0 spiro atoms. The van der Waals surface area contributed by atoms with Crippen molar-refractivity contribution in [3.8, 4) is 11.4 Å². The zero-order valence-corrected chi connectivity index (χ0v) is 13.7. The molecule has 0 radical (unpaired) electrons. The van der Waals surface area contributed by atoms with Crippen molar-refractivity contribution >= 4 is 5.91 Å². The van der Waals surface area contributed by atoms with E-state index < -0.39 is 6.10 Å². The van der Waals surface area contributed by atoms with Gasteiger partial charge in [-0.3, -0.25) is 9.78 Å². The van der Waals surface area contributed by atoms with Crippen LogP contribution < -0.4 is 0 Å². The Bertz CT molecular complexity index is 723. The van der Waals surface area contributed by atoms with Gasteiger partial charge in [0.15, 0.2) is 5.82 Å². The molecule has 3 rings (SSSR count). The van der Waals surface area contributed by atoms with Gasteiger partial charge < -0.3 is 14.7 Å². The Morgan fingerprint density at radius 1 is 1.42 bits per heavy atom. The number of carbonyl (C=O) groups is 1. The number of aliphatic hydroxyl groups is 1. The summed E-state index contributed by atoms with van der Waals surface area (Å²) in [4.78, 5) is 27.0. The van der Waals surface area contributed by atoms with E-state index in [1.807, 2.05) is 19.1 Å². The maximum Gasteiger partial charge on any atom is 0.257 e. The Morgan fingerprint density at radius 2 is 2.25 bits per heavy atom. The average molecular weight is 328 g/mol. The van der Waals surface area contributed by atoms with E-state index in [2.05, 4.69) is 15.0 Å². The number of carbonyl (C=O) groups excluding carboxylic acids is 1. The summed E-state index contributed by atoms with van der Waals surface area (Å²) < 4.78 is 5.46. The van der Waals surface area contributed by atoms with Gasteiger partial charge in [-0.15, -0.1) is 0 Å². The van der Waals surface area contributed by atoms with E-state index in [1.165, 1.54) is 6.20 Å². The number of hydrogen-bond donors (Lipinski definition) is 1. The van der Waals surface area contributed by atoms with Crippen molar-refractivity contribution in [2.24, 2.45) is 0 Å². The Kier molecular flexibility index (Phi) is 4.82. The summed E-state index contributed by atoms with van der Waals surface area (Å²) in [5.41, 5.74) is 1.84. The van der Waals surface area contributed by atoms with Gasteiger partial charge in [-0.25, -0.2) is 9.97 Å². The maximum absolute atomic E-state index is 12.7. The fourth-order valence-corrected chi connectivity index (χ4v) is 2.78. The lowest BCUT2D eigenvalue weighted by Crippen LogP contribution is -2.31. The summed E-state index contributed by atoms with van der Waals surface area (Å²) in [6.45, 7) is 4.78. The van der Waals surface area contributed by atoms with Crippen molar-refractivity contribution in [1.29, 1.82) is 0 Å². The molecular weight excluding hydrogens is 308 g/mol. The molecule has 1 fully saturated rings. The van der Waals surface area contributed by atoms with E-state index in [4.69, 9.17) is 4.74 Å². The van der Waals surface area contributed by atoms with Gasteiger partial charge in [-0.2, -0.15) is 0 Å². The van der Waals surface area contributed by atoms with Crippen LogP contribution in [-0.2, 0) is 4.74 Å². The SMILES string of the molecule is CCO[C@@H]1CN(C(=O)c2cnc(-c3cccnc3)nc2C)C[C@H]1O. The summed E-state index contributed by atoms with van der Waals surface area (Å²) >= 11 is 0. The van der Waals surface area contributed by atoms with E-state index in [9.17, 15) is 9.90 Å². The van der Waals surface area contributed by atoms with Crippen LogP contribution in [0, 0.1) is 6.92 Å². The van der Waals surface area contributed by atoms with Crippen molar-refractivity contribution in [3.63, 3.8) is 0 Å². The molecule has 1 saturated heterocycles. The minimum absolute atomic E-state index is 0.188. The number of rotatable bonds is 4. The molecule has 7 heteroatoms. The first-order chi connectivity index (χ1) is 11.6. The molecule has 126 valence electrons. The van der Waals surface area contributed by atoms with Crippen LogP contribution in [0.2, 0.25) is 0 Å². The molecule has 0 saturated carbocycles. The highest BCUT2D eigenvalue weighted by atomic mass is 16.5. The molecule has 2 atom stereocenters. The Morgan fingerprint density at radius 3 is 2.92 bits per heavy atom. The van der Waals surface area contributed by atoms with Gasteiger partial charge in [0.25, 0.3) is 5.91 Å². The van der Waals surface area contributed by atoms with Crippen molar-refractivity contribution in [2.75, 3.05) is 19.7 Å². The van der Waals surface area contributed by atoms with E-state index in [0.717, 1.165) is 5.56 Å². The zero-order valence-electron chi connectivity index (χ0n) is 13.7. The molecule has 7 nitrogen and oxygen atoms in total. The molecule has 0 aliphatic carbocycles. The molecule has 0 aromatic carbocycles. The summed E-state index contributed by atoms with van der Waals surface area (Å²) in [6.07, 6.45) is 3.90. The van der Waals surface area contributed by atoms with Gasteiger partial charge in [-0.1, -0.05) is 0 Å². The number of amides is 1. The van der Waals surface area contributed by atoms with Crippen LogP contribution in [0.4, 0.5) is 0 Å². The van der Waals surface area contributed by atoms with Gasteiger partial charge >= 0.3 is 0 Å². The summed E-state index contributed by atoms with van der Waals surface area (Å²) in [5.74, 6) is 0.345. The standard InChI is InChI=1S/C17H20N4O3/c1-3-24-15-10-21(9-14(15)22)17(23)13-8-19-16(20-11(13)2)12-5-4-6-18-7-12/h4-8,14-15,22H,3,9-10H2,1-2H3/t14-,15-/m1/s1. The number of aliphatic hydroxyl groups excluding tert-OH is 1. The van der Waals surface area contributed by atoms with Gasteiger partial charge in [-0.05, 0) is 26.0 Å². The quantitative estimate of drug-likeness (QED) is 0.903. The van der Waals surface area contributed by atoms with Crippen LogP contribution in [0.3, 0.4) is 0 Å². The zero-order chi connectivity index (χ0) is 17.1. The van der Waals surface area contributed by atoms with Crippen LogP contribution >= 0.6 is 0 Å². The summed E-state index contributed by atoms with van der Waals surface area (Å²) in [5, 5.41) is 9.99. The monoisotopic (exact) mass is 328 g/mol. The van der Waals surface area contributed by atoms with Crippen molar-refractivity contribution in [1.82, 2.24) is 19.9 Å². The maximum atomic E-state index is 12.7. The molecule has 0 bridgehead atoms.